The number of hydrogen-bond acceptors (Lipinski definition) is 5. The molecule has 3 aromatic rings. The summed E-state index contributed by atoms with van der Waals surface area (Å²) in [7, 11) is 1.53. The summed E-state index contributed by atoms with van der Waals surface area (Å²) in [5, 5.41) is 6.13. The summed E-state index contributed by atoms with van der Waals surface area (Å²) in [5.74, 6) is -1.15. The monoisotopic (exact) mass is 440 g/mol. The Morgan fingerprint density at radius 1 is 1.06 bits per heavy atom. The molecule has 0 aliphatic rings. The van der Waals surface area contributed by atoms with Gasteiger partial charge in [-0.05, 0) is 42.8 Å². The van der Waals surface area contributed by atoms with Crippen LogP contribution in [0.2, 0.25) is 0 Å². The average Bonchev–Trinajstić information content (AvgIpc) is 2.80. The maximum absolute atomic E-state index is 13.7. The highest BCUT2D eigenvalue weighted by molar-refractivity contribution is 5.94. The molecule has 1 unspecified atom stereocenters. The number of anilines is 1. The van der Waals surface area contributed by atoms with Crippen molar-refractivity contribution in [3.05, 3.63) is 89.5 Å². The Balaban J connectivity index is 1.56. The fraction of sp³-hybridized carbons (Fsp3) is 0.167. The molecule has 0 aromatic heterocycles. The van der Waals surface area contributed by atoms with Crippen LogP contribution in [-0.4, -0.2) is 25.3 Å². The van der Waals surface area contributed by atoms with E-state index in [9.17, 15) is 13.6 Å². The predicted molar refractivity (Wildman–Crippen MR) is 117 cm³/mol. The standard InChI is InChI=1S/C24H22F2N2O4/c1-16(24(29)28-21-10-9-19(25)13-20(21)26)32-27-14-18-8-11-22(23(12-18)30-2)31-15-17-6-4-3-5-7-17/h3-14,16H,15H2,1-2H3,(H,28,29)/b27-14+. The van der Waals surface area contributed by atoms with Gasteiger partial charge < -0.3 is 19.6 Å². The molecule has 0 heterocycles. The number of carbonyl (C=O) groups is 1. The average molecular weight is 440 g/mol. The number of rotatable bonds is 9. The summed E-state index contributed by atoms with van der Waals surface area (Å²) in [4.78, 5) is 17.3. The second-order valence-electron chi connectivity index (χ2n) is 6.78. The van der Waals surface area contributed by atoms with Crippen LogP contribution in [0.25, 0.3) is 0 Å². The van der Waals surface area contributed by atoms with Gasteiger partial charge >= 0.3 is 0 Å². The molecular weight excluding hydrogens is 418 g/mol. The summed E-state index contributed by atoms with van der Waals surface area (Å²) in [5.41, 5.74) is 1.54. The molecule has 0 aliphatic heterocycles. The highest BCUT2D eigenvalue weighted by atomic mass is 19.1. The summed E-state index contributed by atoms with van der Waals surface area (Å²) >= 11 is 0. The zero-order chi connectivity index (χ0) is 22.9. The number of nitrogens with zero attached hydrogens (tertiary/aromatic N) is 1. The van der Waals surface area contributed by atoms with Gasteiger partial charge in [0, 0.05) is 11.6 Å². The van der Waals surface area contributed by atoms with Crippen LogP contribution >= 0.6 is 0 Å². The van der Waals surface area contributed by atoms with Crippen molar-refractivity contribution >= 4 is 17.8 Å². The maximum atomic E-state index is 13.7. The molecule has 1 atom stereocenters. The van der Waals surface area contributed by atoms with Crippen molar-refractivity contribution in [2.75, 3.05) is 12.4 Å². The van der Waals surface area contributed by atoms with Crippen LogP contribution in [0, 0.1) is 11.6 Å². The lowest BCUT2D eigenvalue weighted by molar-refractivity contribution is -0.126. The lowest BCUT2D eigenvalue weighted by Gasteiger charge is -2.12. The van der Waals surface area contributed by atoms with Gasteiger partial charge in [-0.1, -0.05) is 35.5 Å². The van der Waals surface area contributed by atoms with Gasteiger partial charge in [0.15, 0.2) is 11.5 Å². The number of ether oxygens (including phenoxy) is 2. The summed E-state index contributed by atoms with van der Waals surface area (Å²) < 4.78 is 37.8. The predicted octanol–water partition coefficient (Wildman–Crippen LogP) is 4.93. The van der Waals surface area contributed by atoms with Crippen LogP contribution in [-0.2, 0) is 16.2 Å². The van der Waals surface area contributed by atoms with Gasteiger partial charge in [0.05, 0.1) is 19.0 Å². The molecule has 0 aliphatic carbocycles. The molecular formula is C24H22F2N2O4. The Morgan fingerprint density at radius 2 is 1.84 bits per heavy atom. The second kappa shape index (κ2) is 10.9. The zero-order valence-corrected chi connectivity index (χ0v) is 17.5. The molecule has 32 heavy (non-hydrogen) atoms. The quantitative estimate of drug-likeness (QED) is 0.378. The van der Waals surface area contributed by atoms with Crippen molar-refractivity contribution in [3.8, 4) is 11.5 Å². The Labute approximate surface area is 184 Å². The van der Waals surface area contributed by atoms with Crippen LogP contribution in [0.1, 0.15) is 18.1 Å². The summed E-state index contributed by atoms with van der Waals surface area (Å²) in [6.45, 7) is 1.85. The van der Waals surface area contributed by atoms with Crippen molar-refractivity contribution < 1.29 is 27.9 Å². The largest absolute Gasteiger partial charge is 0.493 e. The molecule has 3 rings (SSSR count). The van der Waals surface area contributed by atoms with Gasteiger partial charge in [-0.3, -0.25) is 4.79 Å². The lowest BCUT2D eigenvalue weighted by atomic mass is 10.2. The van der Waals surface area contributed by atoms with E-state index in [1.54, 1.807) is 18.2 Å². The molecule has 166 valence electrons. The van der Waals surface area contributed by atoms with Gasteiger partial charge in [-0.15, -0.1) is 0 Å². The number of hydrogen-bond donors (Lipinski definition) is 1. The van der Waals surface area contributed by atoms with Gasteiger partial charge in [0.2, 0.25) is 6.10 Å². The molecule has 0 saturated heterocycles. The van der Waals surface area contributed by atoms with E-state index < -0.39 is 23.6 Å². The molecule has 1 N–H and O–H groups in total. The van der Waals surface area contributed by atoms with E-state index >= 15 is 0 Å². The van der Waals surface area contributed by atoms with Gasteiger partial charge in [0.1, 0.15) is 18.2 Å². The normalized spacial score (nSPS) is 11.8. The Hall–Kier alpha value is -3.94. The molecule has 0 saturated carbocycles. The first kappa shape index (κ1) is 22.7. The number of methoxy groups -OCH3 is 1. The third-order valence-corrected chi connectivity index (χ3v) is 4.40. The first-order chi connectivity index (χ1) is 15.5. The number of carbonyl (C=O) groups excluding carboxylic acids is 1. The highest BCUT2D eigenvalue weighted by Gasteiger charge is 2.16. The van der Waals surface area contributed by atoms with E-state index in [0.29, 0.717) is 29.7 Å². The van der Waals surface area contributed by atoms with E-state index in [-0.39, 0.29) is 5.69 Å². The van der Waals surface area contributed by atoms with E-state index in [4.69, 9.17) is 14.3 Å². The highest BCUT2D eigenvalue weighted by Crippen LogP contribution is 2.28. The van der Waals surface area contributed by atoms with Crippen molar-refractivity contribution in [1.29, 1.82) is 0 Å². The molecule has 0 bridgehead atoms. The van der Waals surface area contributed by atoms with Crippen LogP contribution in [0.5, 0.6) is 11.5 Å². The first-order valence-electron chi connectivity index (χ1n) is 9.76. The van der Waals surface area contributed by atoms with Crippen molar-refractivity contribution in [2.45, 2.75) is 19.6 Å². The minimum atomic E-state index is -1.01. The van der Waals surface area contributed by atoms with Crippen LogP contribution in [0.4, 0.5) is 14.5 Å². The Morgan fingerprint density at radius 3 is 2.56 bits per heavy atom. The lowest BCUT2D eigenvalue weighted by Crippen LogP contribution is -2.26. The van der Waals surface area contributed by atoms with Gasteiger partial charge in [-0.25, -0.2) is 8.78 Å². The molecule has 8 heteroatoms. The molecule has 1 amide bonds. The number of oxime groups is 1. The van der Waals surface area contributed by atoms with Crippen molar-refractivity contribution in [3.63, 3.8) is 0 Å². The number of benzene rings is 3. The number of nitrogens with one attached hydrogen (secondary N) is 1. The van der Waals surface area contributed by atoms with Crippen molar-refractivity contribution in [2.24, 2.45) is 5.16 Å². The van der Waals surface area contributed by atoms with Crippen LogP contribution in [0.3, 0.4) is 0 Å². The third-order valence-electron chi connectivity index (χ3n) is 4.40. The molecule has 0 spiro atoms. The number of amides is 1. The fourth-order valence-corrected chi connectivity index (χ4v) is 2.67. The van der Waals surface area contributed by atoms with E-state index in [2.05, 4.69) is 10.5 Å². The molecule has 0 fully saturated rings. The number of halogens is 2. The SMILES string of the molecule is COc1cc(/C=N/OC(C)C(=O)Nc2ccc(F)cc2F)ccc1OCc1ccccc1. The Bertz CT molecular complexity index is 1090. The van der Waals surface area contributed by atoms with Crippen LogP contribution in [0.15, 0.2) is 71.9 Å². The fourth-order valence-electron chi connectivity index (χ4n) is 2.67. The maximum Gasteiger partial charge on any atom is 0.268 e. The second-order valence-corrected chi connectivity index (χ2v) is 6.78. The summed E-state index contributed by atoms with van der Waals surface area (Å²) in [6.07, 6.45) is 0.400. The Kier molecular flexibility index (Phi) is 7.75. The molecule has 0 radical (unpaired) electrons. The minimum absolute atomic E-state index is 0.147. The minimum Gasteiger partial charge on any atom is -0.493 e. The topological polar surface area (TPSA) is 69.2 Å². The zero-order valence-electron chi connectivity index (χ0n) is 17.5. The smallest absolute Gasteiger partial charge is 0.268 e. The van der Waals surface area contributed by atoms with Crippen LogP contribution < -0.4 is 14.8 Å². The first-order valence-corrected chi connectivity index (χ1v) is 9.76. The van der Waals surface area contributed by atoms with Crippen molar-refractivity contribution in [1.82, 2.24) is 0 Å². The van der Waals surface area contributed by atoms with E-state index in [1.807, 2.05) is 30.3 Å². The molecule has 3 aromatic carbocycles. The molecule has 6 nitrogen and oxygen atoms in total. The van der Waals surface area contributed by atoms with E-state index in [1.165, 1.54) is 20.2 Å². The van der Waals surface area contributed by atoms with Gasteiger partial charge in [0.25, 0.3) is 5.91 Å². The summed E-state index contributed by atoms with van der Waals surface area (Å²) in [6, 6.07) is 17.8. The third kappa shape index (κ3) is 6.28. The van der Waals surface area contributed by atoms with E-state index in [0.717, 1.165) is 17.7 Å². The van der Waals surface area contributed by atoms with Gasteiger partial charge in [-0.2, -0.15) is 0 Å².